The Bertz CT molecular complexity index is 862. The van der Waals surface area contributed by atoms with E-state index >= 15 is 0 Å². The molecule has 2 unspecified atom stereocenters. The van der Waals surface area contributed by atoms with E-state index in [4.69, 9.17) is 16.3 Å². The molecule has 0 amide bonds. The molecular weight excluding hydrogens is 419 g/mol. The summed E-state index contributed by atoms with van der Waals surface area (Å²) in [6.07, 6.45) is 10.1. The van der Waals surface area contributed by atoms with Gasteiger partial charge in [0.25, 0.3) is 0 Å². The van der Waals surface area contributed by atoms with Crippen LogP contribution in [0.3, 0.4) is 0 Å². The minimum absolute atomic E-state index is 0.120. The van der Waals surface area contributed by atoms with Crippen molar-refractivity contribution in [3.8, 4) is 5.75 Å². The first-order chi connectivity index (χ1) is 14.8. The topological polar surface area (TPSA) is 63.6 Å². The molecule has 2 atom stereocenters. The van der Waals surface area contributed by atoms with Crippen LogP contribution in [0.2, 0.25) is 5.02 Å². The van der Waals surface area contributed by atoms with Gasteiger partial charge < -0.3 is 9.84 Å². The van der Waals surface area contributed by atoms with Crippen molar-refractivity contribution in [3.05, 3.63) is 28.5 Å². The molecule has 0 saturated heterocycles. The monoisotopic (exact) mass is 448 g/mol. The van der Waals surface area contributed by atoms with Crippen LogP contribution in [0.4, 0.5) is 4.39 Å². The normalized spacial score (nSPS) is 36.4. The van der Waals surface area contributed by atoms with Gasteiger partial charge in [-0.2, -0.15) is 0 Å². The summed E-state index contributed by atoms with van der Waals surface area (Å²) in [7, 11) is 0. The van der Waals surface area contributed by atoms with Crippen LogP contribution in [0.1, 0.15) is 74.6 Å². The molecular formula is C25H30ClFO4. The molecule has 5 fully saturated rings. The van der Waals surface area contributed by atoms with E-state index in [2.05, 4.69) is 0 Å². The van der Waals surface area contributed by atoms with Crippen molar-refractivity contribution in [3.63, 3.8) is 0 Å². The van der Waals surface area contributed by atoms with Gasteiger partial charge in [-0.05, 0) is 75.2 Å². The third-order valence-corrected chi connectivity index (χ3v) is 8.70. The van der Waals surface area contributed by atoms with Crippen LogP contribution in [0.25, 0.3) is 0 Å². The van der Waals surface area contributed by atoms with Gasteiger partial charge in [0.2, 0.25) is 0 Å². The molecule has 0 aromatic heterocycles. The highest BCUT2D eigenvalue weighted by molar-refractivity contribution is 6.32. The zero-order valence-electron chi connectivity index (χ0n) is 17.7. The van der Waals surface area contributed by atoms with Gasteiger partial charge in [0.1, 0.15) is 11.6 Å². The third-order valence-electron chi connectivity index (χ3n) is 8.41. The molecule has 4 nitrogen and oxygen atoms in total. The van der Waals surface area contributed by atoms with E-state index in [1.165, 1.54) is 50.7 Å². The third kappa shape index (κ3) is 3.99. The number of hydrogen-bond donors (Lipinski definition) is 1. The van der Waals surface area contributed by atoms with E-state index in [9.17, 15) is 19.1 Å². The lowest BCUT2D eigenvalue weighted by atomic mass is 9.50. The highest BCUT2D eigenvalue weighted by Gasteiger charge is 2.51. The SMILES string of the molecule is O=C(O)C1CCCCC1C(=O)c1cc(Cl)c(OCC23CC4CC(CC(C4)C2)C3)cc1F. The van der Waals surface area contributed by atoms with Crippen molar-refractivity contribution in [1.82, 2.24) is 0 Å². The first-order valence-corrected chi connectivity index (χ1v) is 12.1. The number of carbonyl (C=O) groups excluding carboxylic acids is 1. The molecule has 5 aliphatic carbocycles. The fraction of sp³-hybridized carbons (Fsp3) is 0.680. The second-order valence-corrected chi connectivity index (χ2v) is 11.1. The van der Waals surface area contributed by atoms with E-state index in [1.807, 2.05) is 0 Å². The molecule has 5 aliphatic rings. The molecule has 1 N–H and O–H groups in total. The number of carboxylic acid groups (broad SMARTS) is 1. The minimum Gasteiger partial charge on any atom is -0.491 e. The molecule has 31 heavy (non-hydrogen) atoms. The van der Waals surface area contributed by atoms with Crippen molar-refractivity contribution < 1.29 is 23.8 Å². The van der Waals surface area contributed by atoms with Gasteiger partial charge in [0.15, 0.2) is 5.78 Å². The minimum atomic E-state index is -0.986. The van der Waals surface area contributed by atoms with Crippen molar-refractivity contribution in [2.24, 2.45) is 35.0 Å². The van der Waals surface area contributed by atoms with Crippen LogP contribution in [0, 0.1) is 40.8 Å². The summed E-state index contributed by atoms with van der Waals surface area (Å²) in [5, 5.41) is 9.69. The van der Waals surface area contributed by atoms with E-state index in [-0.39, 0.29) is 21.8 Å². The zero-order valence-corrected chi connectivity index (χ0v) is 18.5. The maximum Gasteiger partial charge on any atom is 0.307 e. The molecule has 6 heteroatoms. The van der Waals surface area contributed by atoms with Crippen LogP contribution in [-0.4, -0.2) is 23.5 Å². The second-order valence-electron chi connectivity index (χ2n) is 10.7. The molecule has 6 rings (SSSR count). The average Bonchev–Trinajstić information content (AvgIpc) is 2.72. The van der Waals surface area contributed by atoms with Gasteiger partial charge in [-0.15, -0.1) is 0 Å². The largest absolute Gasteiger partial charge is 0.491 e. The van der Waals surface area contributed by atoms with Crippen LogP contribution in [-0.2, 0) is 4.79 Å². The first-order valence-electron chi connectivity index (χ1n) is 11.7. The molecule has 1 aromatic rings. The Kier molecular flexibility index (Phi) is 5.52. The van der Waals surface area contributed by atoms with Crippen molar-refractivity contribution in [2.75, 3.05) is 6.61 Å². The lowest BCUT2D eigenvalue weighted by Gasteiger charge is -2.56. The van der Waals surface area contributed by atoms with E-state index in [0.717, 1.165) is 30.6 Å². The average molecular weight is 449 g/mol. The summed E-state index contributed by atoms with van der Waals surface area (Å²) in [4.78, 5) is 24.5. The van der Waals surface area contributed by atoms with Crippen molar-refractivity contribution >= 4 is 23.4 Å². The van der Waals surface area contributed by atoms with Gasteiger partial charge >= 0.3 is 5.97 Å². The Morgan fingerprint density at radius 1 is 1.03 bits per heavy atom. The number of Topliss-reactive ketones (excluding diaryl/α,β-unsaturated/α-hetero) is 1. The van der Waals surface area contributed by atoms with Crippen molar-refractivity contribution in [2.45, 2.75) is 64.2 Å². The Labute approximate surface area is 187 Å². The summed E-state index contributed by atoms with van der Waals surface area (Å²) in [6, 6.07) is 2.55. The van der Waals surface area contributed by atoms with E-state index in [0.29, 0.717) is 19.4 Å². The standard InChI is InChI=1S/C25H30ClFO4/c26-20-8-19(23(28)17-3-1-2-4-18(17)24(29)30)21(27)9-22(20)31-13-25-10-14-5-15(11-25)7-16(6-14)12-25/h8-9,14-18H,1-7,10-13H2,(H,29,30). The molecule has 0 spiro atoms. The maximum atomic E-state index is 14.9. The smallest absolute Gasteiger partial charge is 0.307 e. The quantitative estimate of drug-likeness (QED) is 0.530. The molecule has 1 aromatic carbocycles. The lowest BCUT2D eigenvalue weighted by molar-refractivity contribution is -0.144. The molecule has 0 aliphatic heterocycles. The summed E-state index contributed by atoms with van der Waals surface area (Å²) in [5.74, 6) is -0.880. The molecule has 0 radical (unpaired) electrons. The van der Waals surface area contributed by atoms with Crippen LogP contribution in [0.5, 0.6) is 5.75 Å². The van der Waals surface area contributed by atoms with Gasteiger partial charge in [-0.1, -0.05) is 24.4 Å². The van der Waals surface area contributed by atoms with Gasteiger partial charge in [0.05, 0.1) is 23.1 Å². The predicted octanol–water partition coefficient (Wildman–Crippen LogP) is 6.15. The summed E-state index contributed by atoms with van der Waals surface area (Å²) in [5.41, 5.74) is 0.0603. The van der Waals surface area contributed by atoms with Crippen molar-refractivity contribution in [1.29, 1.82) is 0 Å². The molecule has 0 heterocycles. The Balaban J connectivity index is 1.31. The van der Waals surface area contributed by atoms with Crippen LogP contribution in [0.15, 0.2) is 12.1 Å². The number of halogens is 2. The number of hydrogen-bond acceptors (Lipinski definition) is 3. The number of aliphatic carboxylic acids is 1. The number of ether oxygens (including phenoxy) is 1. The van der Waals surface area contributed by atoms with Gasteiger partial charge in [0, 0.05) is 17.4 Å². The zero-order chi connectivity index (χ0) is 21.8. The fourth-order valence-corrected chi connectivity index (χ4v) is 7.68. The van der Waals surface area contributed by atoms with E-state index in [1.54, 1.807) is 0 Å². The predicted molar refractivity (Wildman–Crippen MR) is 115 cm³/mol. The summed E-state index contributed by atoms with van der Waals surface area (Å²) in [6.45, 7) is 0.548. The molecule has 4 bridgehead atoms. The molecule has 5 saturated carbocycles. The Hall–Kier alpha value is -1.62. The number of carboxylic acids is 1. The number of benzene rings is 1. The fourth-order valence-electron chi connectivity index (χ4n) is 7.47. The Morgan fingerprint density at radius 3 is 2.19 bits per heavy atom. The van der Waals surface area contributed by atoms with Gasteiger partial charge in [-0.3, -0.25) is 9.59 Å². The van der Waals surface area contributed by atoms with Crippen LogP contribution >= 0.6 is 11.6 Å². The van der Waals surface area contributed by atoms with Gasteiger partial charge in [-0.25, -0.2) is 4.39 Å². The van der Waals surface area contributed by atoms with Crippen LogP contribution < -0.4 is 4.74 Å². The highest BCUT2D eigenvalue weighted by Crippen LogP contribution is 2.60. The van der Waals surface area contributed by atoms with E-state index < -0.39 is 29.4 Å². The second kappa shape index (κ2) is 8.06. The number of ketones is 1. The summed E-state index contributed by atoms with van der Waals surface area (Å²) >= 11 is 6.41. The number of rotatable bonds is 6. The highest BCUT2D eigenvalue weighted by atomic mass is 35.5. The maximum absolute atomic E-state index is 14.9. The number of carbonyl (C=O) groups is 2. The first kappa shape index (κ1) is 21.2. The molecule has 168 valence electrons. The lowest BCUT2D eigenvalue weighted by Crippen LogP contribution is -2.48. The Morgan fingerprint density at radius 2 is 1.61 bits per heavy atom. The summed E-state index contributed by atoms with van der Waals surface area (Å²) < 4.78 is 21.0.